The topological polar surface area (TPSA) is 109 Å². The Balaban J connectivity index is 1.77. The Morgan fingerprint density at radius 2 is 1.33 bits per heavy atom. The highest BCUT2D eigenvalue weighted by Crippen LogP contribution is 2.16. The van der Waals surface area contributed by atoms with Gasteiger partial charge in [0.15, 0.2) is 0 Å². The number of aromatic nitrogens is 1. The van der Waals surface area contributed by atoms with Crippen LogP contribution in [0.15, 0.2) is 41.2 Å². The normalized spacial score (nSPS) is 11.7. The quantitative estimate of drug-likeness (QED) is 0.0944. The van der Waals surface area contributed by atoms with Gasteiger partial charge >= 0.3 is 10.1 Å². The van der Waals surface area contributed by atoms with Gasteiger partial charge in [0.05, 0.1) is 16.4 Å². The number of unbranched alkanes of at least 4 members (excludes halogenated alkanes) is 13. The third-order valence-corrected chi connectivity index (χ3v) is 7.81. The SMILES string of the molecule is CCCCCCCCCCCCCCCCS(=O)(=O)On1c(C=Cc2ccc([N+](=O)[O-])cc2)cc(C)cc1=O. The summed E-state index contributed by atoms with van der Waals surface area (Å²) in [5.41, 5.74) is 0.974. The summed E-state index contributed by atoms with van der Waals surface area (Å²) in [7, 11) is -3.95. The molecular formula is C30H44N2O6S. The van der Waals surface area contributed by atoms with Gasteiger partial charge in [0, 0.05) is 18.2 Å². The Morgan fingerprint density at radius 1 is 0.821 bits per heavy atom. The van der Waals surface area contributed by atoms with E-state index in [4.69, 9.17) is 4.28 Å². The maximum Gasteiger partial charge on any atom is 0.327 e. The number of nitro benzene ring substituents is 1. The van der Waals surface area contributed by atoms with E-state index >= 15 is 0 Å². The van der Waals surface area contributed by atoms with Gasteiger partial charge in [0.2, 0.25) is 0 Å². The zero-order valence-corrected chi connectivity index (χ0v) is 24.3. The van der Waals surface area contributed by atoms with Crippen LogP contribution in [0, 0.1) is 17.0 Å². The lowest BCUT2D eigenvalue weighted by Gasteiger charge is -2.12. The lowest BCUT2D eigenvalue weighted by molar-refractivity contribution is -0.384. The molecule has 0 saturated heterocycles. The molecule has 0 fully saturated rings. The van der Waals surface area contributed by atoms with Crippen LogP contribution in [0.5, 0.6) is 0 Å². The van der Waals surface area contributed by atoms with E-state index in [1.54, 1.807) is 37.3 Å². The first kappa shape index (κ1) is 32.3. The fraction of sp³-hybridized carbons (Fsp3) is 0.567. The van der Waals surface area contributed by atoms with Crippen molar-refractivity contribution in [3.05, 3.63) is 73.7 Å². The van der Waals surface area contributed by atoms with Gasteiger partial charge < -0.3 is 0 Å². The van der Waals surface area contributed by atoms with Crippen LogP contribution in [-0.4, -0.2) is 23.8 Å². The van der Waals surface area contributed by atoms with Crippen molar-refractivity contribution >= 4 is 28.0 Å². The van der Waals surface area contributed by atoms with Crippen LogP contribution in [-0.2, 0) is 10.1 Å². The second-order valence-electron chi connectivity index (χ2n) is 10.2. The predicted molar refractivity (Wildman–Crippen MR) is 158 cm³/mol. The number of hydrogen-bond acceptors (Lipinski definition) is 6. The Hall–Kier alpha value is -2.94. The van der Waals surface area contributed by atoms with Gasteiger partial charge in [-0.3, -0.25) is 19.2 Å². The molecule has 0 aliphatic rings. The molecule has 0 atom stereocenters. The van der Waals surface area contributed by atoms with Crippen molar-refractivity contribution in [2.75, 3.05) is 5.75 Å². The monoisotopic (exact) mass is 560 g/mol. The first-order chi connectivity index (χ1) is 18.7. The van der Waals surface area contributed by atoms with Gasteiger partial charge in [0.1, 0.15) is 0 Å². The highest BCUT2D eigenvalue weighted by molar-refractivity contribution is 7.86. The number of aryl methyl sites for hydroxylation is 1. The number of hydrogen-bond donors (Lipinski definition) is 0. The zero-order chi connectivity index (χ0) is 28.5. The summed E-state index contributed by atoms with van der Waals surface area (Å²) in [5, 5.41) is 10.8. The first-order valence-electron chi connectivity index (χ1n) is 14.3. The second-order valence-corrected chi connectivity index (χ2v) is 11.9. The van der Waals surface area contributed by atoms with Crippen molar-refractivity contribution in [2.24, 2.45) is 0 Å². The van der Waals surface area contributed by atoms with E-state index in [1.165, 1.54) is 82.4 Å². The fourth-order valence-electron chi connectivity index (χ4n) is 4.42. The molecule has 0 aliphatic heterocycles. The molecule has 0 bridgehead atoms. The number of nitrogens with zero attached hydrogens (tertiary/aromatic N) is 2. The van der Waals surface area contributed by atoms with E-state index < -0.39 is 20.6 Å². The lowest BCUT2D eigenvalue weighted by Crippen LogP contribution is -2.33. The molecule has 0 spiro atoms. The second kappa shape index (κ2) is 17.6. The molecule has 0 amide bonds. The van der Waals surface area contributed by atoms with Crippen LogP contribution < -0.4 is 9.84 Å². The number of rotatable bonds is 20. The van der Waals surface area contributed by atoms with Gasteiger partial charge in [-0.25, -0.2) is 0 Å². The molecule has 0 aliphatic carbocycles. The van der Waals surface area contributed by atoms with E-state index in [0.717, 1.165) is 24.0 Å². The number of pyridine rings is 1. The lowest BCUT2D eigenvalue weighted by atomic mass is 10.0. The number of benzene rings is 1. The highest BCUT2D eigenvalue weighted by Gasteiger charge is 2.16. The van der Waals surface area contributed by atoms with Crippen LogP contribution in [0.3, 0.4) is 0 Å². The molecule has 1 aromatic heterocycles. The third-order valence-electron chi connectivity index (χ3n) is 6.65. The van der Waals surface area contributed by atoms with Gasteiger partial charge in [0.25, 0.3) is 11.2 Å². The van der Waals surface area contributed by atoms with Crippen molar-refractivity contribution in [3.63, 3.8) is 0 Å². The largest absolute Gasteiger partial charge is 0.327 e. The molecule has 39 heavy (non-hydrogen) atoms. The summed E-state index contributed by atoms with van der Waals surface area (Å²) in [6.45, 7) is 3.97. The molecular weight excluding hydrogens is 516 g/mol. The molecule has 0 radical (unpaired) electrons. The fourth-order valence-corrected chi connectivity index (χ4v) is 5.44. The minimum Gasteiger partial charge on any atom is -0.284 e. The van der Waals surface area contributed by atoms with Crippen LogP contribution in [0.4, 0.5) is 5.69 Å². The van der Waals surface area contributed by atoms with Crippen molar-refractivity contribution in [1.29, 1.82) is 0 Å². The van der Waals surface area contributed by atoms with Crippen molar-refractivity contribution < 1.29 is 17.6 Å². The summed E-state index contributed by atoms with van der Waals surface area (Å²) in [4.78, 5) is 22.9. The van der Waals surface area contributed by atoms with Crippen LogP contribution >= 0.6 is 0 Å². The van der Waals surface area contributed by atoms with E-state index in [-0.39, 0.29) is 17.1 Å². The minimum absolute atomic E-state index is 0.0301. The van der Waals surface area contributed by atoms with E-state index in [0.29, 0.717) is 17.5 Å². The smallest absolute Gasteiger partial charge is 0.284 e. The van der Waals surface area contributed by atoms with Crippen LogP contribution in [0.25, 0.3) is 12.2 Å². The van der Waals surface area contributed by atoms with E-state index in [1.807, 2.05) is 0 Å². The molecule has 0 N–H and O–H groups in total. The predicted octanol–water partition coefficient (Wildman–Crippen LogP) is 7.48. The average Bonchev–Trinajstić information content (AvgIpc) is 2.89. The Morgan fingerprint density at radius 3 is 1.85 bits per heavy atom. The summed E-state index contributed by atoms with van der Waals surface area (Å²) < 4.78 is 31.2. The zero-order valence-electron chi connectivity index (χ0n) is 23.5. The van der Waals surface area contributed by atoms with Gasteiger partial charge in [-0.05, 0) is 48.7 Å². The molecule has 9 heteroatoms. The van der Waals surface area contributed by atoms with Crippen LogP contribution in [0.1, 0.15) is 114 Å². The van der Waals surface area contributed by atoms with Gasteiger partial charge in [-0.1, -0.05) is 96.5 Å². The average molecular weight is 561 g/mol. The molecule has 1 aromatic carbocycles. The highest BCUT2D eigenvalue weighted by atomic mass is 32.2. The molecule has 2 aromatic rings. The molecule has 216 valence electrons. The Bertz CT molecular complexity index is 1200. The summed E-state index contributed by atoms with van der Waals surface area (Å²) in [6.07, 6.45) is 19.6. The maximum atomic E-state index is 12.6. The summed E-state index contributed by atoms with van der Waals surface area (Å²) in [6, 6.07) is 8.84. The van der Waals surface area contributed by atoms with Crippen LogP contribution in [0.2, 0.25) is 0 Å². The van der Waals surface area contributed by atoms with Crippen molar-refractivity contribution in [2.45, 2.75) is 104 Å². The minimum atomic E-state index is -3.95. The Labute approximate surface area is 233 Å². The molecule has 0 unspecified atom stereocenters. The molecule has 1 heterocycles. The standard InChI is InChI=1S/C30H44N2O6S/c1-3-4-5-6-7-8-9-10-11-12-13-14-15-16-23-39(36,37)38-31-29(24-26(2)25-30(31)33)22-19-27-17-20-28(21-18-27)32(34)35/h17-22,24-25H,3-16,23H2,1-2H3. The maximum absolute atomic E-state index is 12.6. The van der Waals surface area contributed by atoms with Crippen molar-refractivity contribution in [3.8, 4) is 0 Å². The van der Waals surface area contributed by atoms with Crippen molar-refractivity contribution in [1.82, 2.24) is 4.73 Å². The van der Waals surface area contributed by atoms with E-state index in [2.05, 4.69) is 6.92 Å². The van der Waals surface area contributed by atoms with Gasteiger partial charge in [-0.15, -0.1) is 4.73 Å². The molecule has 2 rings (SSSR count). The first-order valence-corrected chi connectivity index (χ1v) is 15.9. The summed E-state index contributed by atoms with van der Waals surface area (Å²) >= 11 is 0. The third kappa shape index (κ3) is 13.1. The molecule has 8 nitrogen and oxygen atoms in total. The summed E-state index contributed by atoms with van der Waals surface area (Å²) in [5.74, 6) is -0.156. The number of nitro groups is 1. The Kier molecular flexibility index (Phi) is 14.6. The van der Waals surface area contributed by atoms with Gasteiger partial charge in [-0.2, -0.15) is 8.42 Å². The number of non-ortho nitro benzene ring substituents is 1. The van der Waals surface area contributed by atoms with E-state index in [9.17, 15) is 23.3 Å². The molecule has 0 saturated carbocycles.